The molecule has 5 rings (SSSR count). The maximum Gasteiger partial charge on any atom is 0.243 e. The molecule has 2 amide bonds. The predicted octanol–water partition coefficient (Wildman–Crippen LogP) is 5.09. The Kier molecular flexibility index (Phi) is 12.4. The van der Waals surface area contributed by atoms with Crippen LogP contribution in [0, 0.1) is 5.92 Å². The molecular weight excluding hydrogens is 624 g/mol. The van der Waals surface area contributed by atoms with Crippen molar-refractivity contribution in [1.29, 1.82) is 0 Å². The number of amides is 2. The number of carbonyl (C=O) groups is 3. The molecule has 4 aromatic rings. The van der Waals surface area contributed by atoms with Gasteiger partial charge >= 0.3 is 0 Å². The molecule has 0 aliphatic carbocycles. The van der Waals surface area contributed by atoms with E-state index >= 15 is 0 Å². The second kappa shape index (κ2) is 16.9. The molecule has 0 spiro atoms. The zero-order valence-electron chi connectivity index (χ0n) is 27.6. The fraction of sp³-hybridized carbons (Fsp3) is 0.395. The average Bonchev–Trinajstić information content (AvgIpc) is 3.51. The van der Waals surface area contributed by atoms with Crippen LogP contribution < -0.4 is 22.1 Å². The van der Waals surface area contributed by atoms with E-state index in [1.807, 2.05) is 66.9 Å². The molecule has 254 valence electrons. The molecule has 1 aliphatic rings. The highest BCUT2D eigenvalue weighted by atomic mass is 35.5. The zero-order chi connectivity index (χ0) is 34.0. The Bertz CT molecular complexity index is 1720. The molecule has 3 atom stereocenters. The number of Topliss-reactive ketones (excluding diaryl/α,β-unsaturated/α-hetero) is 1. The number of H-pyrrole nitrogens is 1. The van der Waals surface area contributed by atoms with Gasteiger partial charge in [0.15, 0.2) is 5.78 Å². The van der Waals surface area contributed by atoms with Crippen molar-refractivity contribution in [2.45, 2.75) is 70.1 Å². The number of likely N-dealkylation sites (N-methyl/N-ethyl adjacent to an activating group) is 1. The number of benzene rings is 3. The third-order valence-corrected chi connectivity index (χ3v) is 9.80. The molecule has 2 bridgehead atoms. The van der Waals surface area contributed by atoms with Gasteiger partial charge in [0, 0.05) is 61.0 Å². The van der Waals surface area contributed by atoms with Crippen molar-refractivity contribution < 1.29 is 14.4 Å². The van der Waals surface area contributed by atoms with Gasteiger partial charge in [-0.25, -0.2) is 0 Å². The van der Waals surface area contributed by atoms with E-state index < -0.39 is 18.0 Å². The molecule has 0 fully saturated rings. The lowest BCUT2D eigenvalue weighted by Crippen LogP contribution is -2.51. The molecule has 7 N–H and O–H groups in total. The van der Waals surface area contributed by atoms with E-state index in [9.17, 15) is 14.4 Å². The number of carbonyl (C=O) groups excluding carboxylic acids is 3. The van der Waals surface area contributed by atoms with Gasteiger partial charge < -0.3 is 32.0 Å². The summed E-state index contributed by atoms with van der Waals surface area (Å²) in [5, 5.41) is 8.12. The summed E-state index contributed by atoms with van der Waals surface area (Å²) in [5.74, 6) is -1.15. The van der Waals surface area contributed by atoms with Crippen LogP contribution in [0.15, 0.2) is 72.9 Å². The van der Waals surface area contributed by atoms with E-state index in [0.29, 0.717) is 56.8 Å². The van der Waals surface area contributed by atoms with Crippen molar-refractivity contribution in [1.82, 2.24) is 20.5 Å². The number of halogens is 1. The molecule has 1 aliphatic heterocycles. The first kappa shape index (κ1) is 35.3. The van der Waals surface area contributed by atoms with E-state index in [4.69, 9.17) is 23.1 Å². The van der Waals surface area contributed by atoms with Crippen molar-refractivity contribution in [3.05, 3.63) is 94.6 Å². The second-order valence-electron chi connectivity index (χ2n) is 12.7. The molecule has 9 nitrogen and oxygen atoms in total. The second-order valence-corrected chi connectivity index (χ2v) is 13.1. The first-order valence-electron chi connectivity index (χ1n) is 16.9. The fourth-order valence-electron chi connectivity index (χ4n) is 6.68. The molecule has 0 saturated carbocycles. The number of aromatic amines is 1. The molecular formula is C38H47ClN6O3. The summed E-state index contributed by atoms with van der Waals surface area (Å²) in [4.78, 5) is 47.4. The van der Waals surface area contributed by atoms with E-state index in [1.54, 1.807) is 7.05 Å². The zero-order valence-corrected chi connectivity index (χ0v) is 28.4. The number of para-hydroxylation sites is 1. The minimum Gasteiger partial charge on any atom is -0.361 e. The number of nitrogens with one attached hydrogen (secondary N) is 3. The summed E-state index contributed by atoms with van der Waals surface area (Å²) in [6.07, 6.45) is 5.45. The molecule has 2 heterocycles. The van der Waals surface area contributed by atoms with Crippen molar-refractivity contribution in [3.8, 4) is 11.1 Å². The van der Waals surface area contributed by atoms with Crippen LogP contribution >= 0.6 is 11.6 Å². The monoisotopic (exact) mass is 670 g/mol. The van der Waals surface area contributed by atoms with Gasteiger partial charge in [0.1, 0.15) is 6.04 Å². The van der Waals surface area contributed by atoms with Crippen LogP contribution in [-0.4, -0.2) is 59.7 Å². The van der Waals surface area contributed by atoms with Crippen molar-refractivity contribution in [2.75, 3.05) is 20.1 Å². The van der Waals surface area contributed by atoms with Gasteiger partial charge in [0.05, 0.1) is 6.04 Å². The Hall–Kier alpha value is -4.02. The smallest absolute Gasteiger partial charge is 0.243 e. The van der Waals surface area contributed by atoms with Gasteiger partial charge in [-0.15, -0.1) is 0 Å². The lowest BCUT2D eigenvalue weighted by molar-refractivity contribution is -0.143. The Morgan fingerprint density at radius 2 is 1.69 bits per heavy atom. The van der Waals surface area contributed by atoms with Crippen LogP contribution in [0.25, 0.3) is 22.0 Å². The summed E-state index contributed by atoms with van der Waals surface area (Å²) >= 11 is 6.76. The van der Waals surface area contributed by atoms with E-state index in [0.717, 1.165) is 45.1 Å². The number of nitrogens with two attached hydrogens (primary N) is 2. The highest BCUT2D eigenvalue weighted by molar-refractivity contribution is 6.31. The van der Waals surface area contributed by atoms with Crippen LogP contribution in [0.1, 0.15) is 55.2 Å². The van der Waals surface area contributed by atoms with Crippen LogP contribution in [-0.2, 0) is 33.9 Å². The normalized spacial score (nSPS) is 19.6. The number of fused-ring (bicyclic) bond motifs is 5. The first-order valence-corrected chi connectivity index (χ1v) is 17.3. The number of nitrogens with zero attached hydrogens (tertiary/aromatic N) is 1. The lowest BCUT2D eigenvalue weighted by Gasteiger charge is -2.31. The standard InChI is InChI=1S/C38H47ClN6O3/c1-45-35(20-28-23-43-33-15-3-2-12-30(28)33)37(47)44-24-31-29(13-7-14-32(31)39)26-11-6-9-25(19-26)22-42-34(16-8-18-41)36(46)21-27(38(45)48)10-4-5-17-40/h2-3,6-7,9,11-15,19,23,27,34-35,42-43H,4-5,8,10,16-18,20-22,24,40-41H2,1H3,(H,44,47)/t27-,34+,35+/m1/s1. The minimum atomic E-state index is -0.833. The Morgan fingerprint density at radius 1 is 0.896 bits per heavy atom. The molecule has 3 aromatic carbocycles. The van der Waals surface area contributed by atoms with E-state index in [-0.39, 0.29) is 30.6 Å². The van der Waals surface area contributed by atoms with Gasteiger partial charge in [-0.3, -0.25) is 14.4 Å². The van der Waals surface area contributed by atoms with Gasteiger partial charge in [-0.1, -0.05) is 66.6 Å². The van der Waals surface area contributed by atoms with Crippen LogP contribution in [0.4, 0.5) is 0 Å². The molecule has 10 heteroatoms. The third kappa shape index (κ3) is 8.52. The third-order valence-electron chi connectivity index (χ3n) is 9.44. The maximum absolute atomic E-state index is 14.4. The fourth-order valence-corrected chi connectivity index (χ4v) is 6.92. The number of hydrogen-bond donors (Lipinski definition) is 5. The lowest BCUT2D eigenvalue weighted by atomic mass is 9.90. The van der Waals surface area contributed by atoms with Gasteiger partial charge in [-0.2, -0.15) is 0 Å². The number of unbranched alkanes of at least 4 members (excludes halogenated alkanes) is 1. The number of ketones is 1. The van der Waals surface area contributed by atoms with E-state index in [1.165, 1.54) is 4.90 Å². The largest absolute Gasteiger partial charge is 0.361 e. The summed E-state index contributed by atoms with van der Waals surface area (Å²) < 4.78 is 0. The molecule has 0 unspecified atom stereocenters. The molecule has 0 radical (unpaired) electrons. The Labute approximate surface area is 287 Å². The average molecular weight is 671 g/mol. The number of aromatic nitrogens is 1. The summed E-state index contributed by atoms with van der Waals surface area (Å²) in [6, 6.07) is 20.4. The van der Waals surface area contributed by atoms with Gasteiger partial charge in [0.2, 0.25) is 11.8 Å². The van der Waals surface area contributed by atoms with Crippen molar-refractivity contribution in [3.63, 3.8) is 0 Å². The van der Waals surface area contributed by atoms with Crippen LogP contribution in [0.5, 0.6) is 0 Å². The quantitative estimate of drug-likeness (QED) is 0.157. The topological polar surface area (TPSA) is 146 Å². The van der Waals surface area contributed by atoms with Crippen LogP contribution in [0.3, 0.4) is 0 Å². The highest BCUT2D eigenvalue weighted by Gasteiger charge is 2.34. The van der Waals surface area contributed by atoms with Crippen molar-refractivity contribution in [2.24, 2.45) is 17.4 Å². The Morgan fingerprint density at radius 3 is 2.50 bits per heavy atom. The first-order chi connectivity index (χ1) is 23.3. The number of hydrogen-bond acceptors (Lipinski definition) is 6. The predicted molar refractivity (Wildman–Crippen MR) is 192 cm³/mol. The maximum atomic E-state index is 14.4. The summed E-state index contributed by atoms with van der Waals surface area (Å²) in [5.41, 5.74) is 17.2. The highest BCUT2D eigenvalue weighted by Crippen LogP contribution is 2.31. The SMILES string of the molecule is CN1C(=O)[C@H](CCCCN)CC(=O)[C@H](CCCN)NCc2cccc(c2)-c2cccc(Cl)c2CNC(=O)[C@@H]1Cc1c[nH]c2ccccc12. The Balaban J connectivity index is 1.56. The summed E-state index contributed by atoms with van der Waals surface area (Å²) in [6.45, 7) is 1.62. The van der Waals surface area contributed by atoms with Gasteiger partial charge in [-0.05, 0) is 84.8 Å². The molecule has 48 heavy (non-hydrogen) atoms. The minimum absolute atomic E-state index is 0.0295. The van der Waals surface area contributed by atoms with Crippen molar-refractivity contribution >= 4 is 40.1 Å². The molecule has 0 saturated heterocycles. The summed E-state index contributed by atoms with van der Waals surface area (Å²) in [7, 11) is 1.67. The van der Waals surface area contributed by atoms with Crippen LogP contribution in [0.2, 0.25) is 5.02 Å². The number of rotatable bonds is 9. The van der Waals surface area contributed by atoms with Gasteiger partial charge in [0.25, 0.3) is 0 Å². The molecule has 1 aromatic heterocycles. The van der Waals surface area contributed by atoms with E-state index in [2.05, 4.69) is 21.7 Å².